The molecule has 28 heavy (non-hydrogen) atoms. The number of thiazole rings is 1. The molecule has 142 valence electrons. The minimum atomic E-state index is -0.0736. The van der Waals surface area contributed by atoms with Crippen molar-refractivity contribution in [1.29, 1.82) is 0 Å². The number of ether oxygens (including phenoxy) is 1. The molecule has 0 fully saturated rings. The molecule has 0 aliphatic rings. The van der Waals surface area contributed by atoms with Gasteiger partial charge in [0, 0.05) is 21.9 Å². The highest BCUT2D eigenvalue weighted by atomic mass is 32.1. The molecule has 4 rings (SSSR count). The molecule has 0 atom stereocenters. The summed E-state index contributed by atoms with van der Waals surface area (Å²) in [5.74, 6) is 1.35. The zero-order chi connectivity index (χ0) is 19.5. The smallest absolute Gasteiger partial charge is 0.230 e. The molecule has 1 N–H and O–H groups in total. The van der Waals surface area contributed by atoms with Gasteiger partial charge in [-0.05, 0) is 42.6 Å². The van der Waals surface area contributed by atoms with Gasteiger partial charge in [0.1, 0.15) is 11.6 Å². The number of nitrogens with one attached hydrogen (secondary N) is 1. The first-order valence-corrected chi connectivity index (χ1v) is 10.4. The molecule has 8 heteroatoms. The number of amides is 1. The van der Waals surface area contributed by atoms with E-state index in [1.165, 1.54) is 11.3 Å². The van der Waals surface area contributed by atoms with E-state index in [0.29, 0.717) is 17.4 Å². The van der Waals surface area contributed by atoms with E-state index in [1.54, 1.807) is 23.1 Å². The molecule has 0 radical (unpaired) electrons. The molecule has 0 spiro atoms. The van der Waals surface area contributed by atoms with Gasteiger partial charge in [0.2, 0.25) is 11.0 Å². The third-order valence-corrected chi connectivity index (χ3v) is 5.77. The average molecular weight is 411 g/mol. The molecule has 0 bridgehead atoms. The van der Waals surface area contributed by atoms with Crippen LogP contribution in [0, 0.1) is 6.92 Å². The highest BCUT2D eigenvalue weighted by Gasteiger charge is 2.15. The Bertz CT molecular complexity index is 1080. The first kappa shape index (κ1) is 18.4. The molecule has 3 heterocycles. The van der Waals surface area contributed by atoms with Crippen molar-refractivity contribution >= 4 is 34.4 Å². The summed E-state index contributed by atoms with van der Waals surface area (Å²) in [4.78, 5) is 18.1. The lowest BCUT2D eigenvalue weighted by Crippen LogP contribution is -2.16. The minimum Gasteiger partial charge on any atom is -0.497 e. The maximum atomic E-state index is 12.4. The van der Waals surface area contributed by atoms with Gasteiger partial charge in [-0.3, -0.25) is 4.79 Å². The van der Waals surface area contributed by atoms with Crippen LogP contribution in [-0.4, -0.2) is 27.8 Å². The maximum absolute atomic E-state index is 12.4. The number of benzene rings is 1. The summed E-state index contributed by atoms with van der Waals surface area (Å²) in [6.07, 6.45) is 0.344. The van der Waals surface area contributed by atoms with Crippen LogP contribution < -0.4 is 10.1 Å². The number of carbonyl (C=O) groups excluding carboxylic acids is 1. The van der Waals surface area contributed by atoms with E-state index in [4.69, 9.17) is 9.72 Å². The van der Waals surface area contributed by atoms with Gasteiger partial charge >= 0.3 is 0 Å². The third kappa shape index (κ3) is 3.97. The third-order valence-electron chi connectivity index (χ3n) is 4.07. The van der Waals surface area contributed by atoms with Crippen LogP contribution in [0.2, 0.25) is 0 Å². The van der Waals surface area contributed by atoms with Gasteiger partial charge in [-0.2, -0.15) is 9.78 Å². The standard InChI is InChI=1S/C20H18N4O2S2/c1-13-10-18(22-19(25)11-16-4-3-9-27-16)24(23-13)20-21-17(12-28-20)14-5-7-15(26-2)8-6-14/h3-10,12H,11H2,1-2H3,(H,22,25). The van der Waals surface area contributed by atoms with Crippen molar-refractivity contribution in [1.82, 2.24) is 14.8 Å². The number of methoxy groups -OCH3 is 1. The normalized spacial score (nSPS) is 10.8. The Labute approximate surface area is 170 Å². The highest BCUT2D eigenvalue weighted by Crippen LogP contribution is 2.27. The van der Waals surface area contributed by atoms with Gasteiger partial charge in [0.25, 0.3) is 0 Å². The lowest BCUT2D eigenvalue weighted by molar-refractivity contribution is -0.115. The van der Waals surface area contributed by atoms with Crippen LogP contribution in [0.4, 0.5) is 5.82 Å². The molecular formula is C20H18N4O2S2. The van der Waals surface area contributed by atoms with Gasteiger partial charge in [0.05, 0.1) is 24.9 Å². The van der Waals surface area contributed by atoms with Crippen LogP contribution in [0.1, 0.15) is 10.6 Å². The summed E-state index contributed by atoms with van der Waals surface area (Å²) < 4.78 is 6.88. The molecule has 6 nitrogen and oxygen atoms in total. The summed E-state index contributed by atoms with van der Waals surface area (Å²) in [7, 11) is 1.64. The fourth-order valence-electron chi connectivity index (χ4n) is 2.75. The maximum Gasteiger partial charge on any atom is 0.230 e. The number of aromatic nitrogens is 3. The molecule has 0 aliphatic carbocycles. The van der Waals surface area contributed by atoms with Gasteiger partial charge in [0.15, 0.2) is 0 Å². The van der Waals surface area contributed by atoms with Crippen LogP contribution in [-0.2, 0) is 11.2 Å². The Morgan fingerprint density at radius 3 is 2.75 bits per heavy atom. The summed E-state index contributed by atoms with van der Waals surface area (Å²) in [5.41, 5.74) is 2.66. The van der Waals surface area contributed by atoms with E-state index in [0.717, 1.165) is 27.6 Å². The van der Waals surface area contributed by atoms with E-state index in [9.17, 15) is 4.79 Å². The van der Waals surface area contributed by atoms with Crippen LogP contribution in [0.15, 0.2) is 53.2 Å². The number of nitrogens with zero attached hydrogens (tertiary/aromatic N) is 3. The molecule has 0 saturated heterocycles. The minimum absolute atomic E-state index is 0.0736. The number of thiophene rings is 1. The lowest BCUT2D eigenvalue weighted by Gasteiger charge is -2.06. The van der Waals surface area contributed by atoms with E-state index in [2.05, 4.69) is 10.4 Å². The Hall–Kier alpha value is -2.97. The van der Waals surface area contributed by atoms with Crippen molar-refractivity contribution in [3.8, 4) is 22.1 Å². The fourth-order valence-corrected chi connectivity index (χ4v) is 4.25. The molecule has 0 unspecified atom stereocenters. The number of rotatable bonds is 6. The van der Waals surface area contributed by atoms with Gasteiger partial charge in [-0.15, -0.1) is 22.7 Å². The first-order chi connectivity index (χ1) is 13.6. The van der Waals surface area contributed by atoms with Crippen molar-refractivity contribution in [3.63, 3.8) is 0 Å². The number of aryl methyl sites for hydroxylation is 1. The largest absolute Gasteiger partial charge is 0.497 e. The lowest BCUT2D eigenvalue weighted by atomic mass is 10.2. The average Bonchev–Trinajstić information content (AvgIpc) is 3.43. The molecule has 1 aromatic carbocycles. The second-order valence-corrected chi connectivity index (χ2v) is 8.00. The Balaban J connectivity index is 1.56. The number of hydrogen-bond donors (Lipinski definition) is 1. The molecule has 1 amide bonds. The topological polar surface area (TPSA) is 69.0 Å². The summed E-state index contributed by atoms with van der Waals surface area (Å²) in [6, 6.07) is 13.5. The molecule has 3 aromatic heterocycles. The summed E-state index contributed by atoms with van der Waals surface area (Å²) in [5, 5.41) is 12.1. The van der Waals surface area contributed by atoms with Crippen molar-refractivity contribution in [2.24, 2.45) is 0 Å². The predicted molar refractivity (Wildman–Crippen MR) is 113 cm³/mol. The second-order valence-electron chi connectivity index (χ2n) is 6.13. The fraction of sp³-hybridized carbons (Fsp3) is 0.150. The predicted octanol–water partition coefficient (Wildman–Crippen LogP) is 4.56. The SMILES string of the molecule is COc1ccc(-c2csc(-n3nc(C)cc3NC(=O)Cc3cccs3)n2)cc1. The van der Waals surface area contributed by atoms with E-state index < -0.39 is 0 Å². The quantitative estimate of drug-likeness (QED) is 0.506. The molecule has 0 saturated carbocycles. The zero-order valence-corrected chi connectivity index (χ0v) is 17.0. The number of hydrogen-bond acceptors (Lipinski definition) is 6. The van der Waals surface area contributed by atoms with Gasteiger partial charge < -0.3 is 10.1 Å². The Morgan fingerprint density at radius 2 is 2.04 bits per heavy atom. The van der Waals surface area contributed by atoms with Crippen molar-refractivity contribution in [3.05, 3.63) is 63.8 Å². The van der Waals surface area contributed by atoms with Gasteiger partial charge in [-0.25, -0.2) is 4.98 Å². The molecule has 0 aliphatic heterocycles. The van der Waals surface area contributed by atoms with Crippen LogP contribution in [0.3, 0.4) is 0 Å². The van der Waals surface area contributed by atoms with Crippen molar-refractivity contribution in [2.45, 2.75) is 13.3 Å². The summed E-state index contributed by atoms with van der Waals surface area (Å²) >= 11 is 3.04. The van der Waals surface area contributed by atoms with Gasteiger partial charge in [-0.1, -0.05) is 6.07 Å². The van der Waals surface area contributed by atoms with Crippen LogP contribution in [0.5, 0.6) is 5.75 Å². The number of anilines is 1. The number of carbonyl (C=O) groups is 1. The second kappa shape index (κ2) is 7.95. The monoisotopic (exact) mass is 410 g/mol. The van der Waals surface area contributed by atoms with E-state index >= 15 is 0 Å². The van der Waals surface area contributed by atoms with E-state index in [-0.39, 0.29) is 5.91 Å². The van der Waals surface area contributed by atoms with E-state index in [1.807, 2.05) is 60.1 Å². The highest BCUT2D eigenvalue weighted by molar-refractivity contribution is 7.12. The Kier molecular flexibility index (Phi) is 5.23. The zero-order valence-electron chi connectivity index (χ0n) is 15.4. The van der Waals surface area contributed by atoms with Crippen LogP contribution in [0.25, 0.3) is 16.4 Å². The molecular weight excluding hydrogens is 392 g/mol. The Morgan fingerprint density at radius 1 is 1.21 bits per heavy atom. The molecule has 4 aromatic rings. The first-order valence-electron chi connectivity index (χ1n) is 8.61. The van der Waals surface area contributed by atoms with Crippen molar-refractivity contribution in [2.75, 3.05) is 12.4 Å². The summed E-state index contributed by atoms with van der Waals surface area (Å²) in [6.45, 7) is 1.89. The van der Waals surface area contributed by atoms with Crippen LogP contribution >= 0.6 is 22.7 Å². The van der Waals surface area contributed by atoms with Crippen molar-refractivity contribution < 1.29 is 9.53 Å².